The van der Waals surface area contributed by atoms with Gasteiger partial charge in [-0.25, -0.2) is 4.39 Å². The molecule has 0 spiro atoms. The number of hydrogen-bond donors (Lipinski definition) is 1. The van der Waals surface area contributed by atoms with Gasteiger partial charge in [-0.3, -0.25) is 0 Å². The van der Waals surface area contributed by atoms with Crippen molar-refractivity contribution in [2.24, 2.45) is 5.92 Å². The zero-order chi connectivity index (χ0) is 12.8. The zero-order valence-corrected chi connectivity index (χ0v) is 11.2. The SMILES string of the molecule is CNCC1CCN(CCc2ccccc2F)CC1. The van der Waals surface area contributed by atoms with E-state index in [0.717, 1.165) is 44.1 Å². The molecule has 1 saturated heterocycles. The summed E-state index contributed by atoms with van der Waals surface area (Å²) in [7, 11) is 2.02. The van der Waals surface area contributed by atoms with Gasteiger partial charge in [0.1, 0.15) is 5.82 Å². The van der Waals surface area contributed by atoms with E-state index in [1.54, 1.807) is 12.1 Å². The molecule has 3 heteroatoms. The fourth-order valence-electron chi connectivity index (χ4n) is 2.68. The Balaban J connectivity index is 1.74. The summed E-state index contributed by atoms with van der Waals surface area (Å²) in [6, 6.07) is 7.11. The quantitative estimate of drug-likeness (QED) is 0.862. The van der Waals surface area contributed by atoms with E-state index in [9.17, 15) is 4.39 Å². The maximum atomic E-state index is 13.5. The van der Waals surface area contributed by atoms with Gasteiger partial charge in [0, 0.05) is 6.54 Å². The first-order valence-corrected chi connectivity index (χ1v) is 6.90. The predicted octanol–water partition coefficient (Wildman–Crippen LogP) is 2.30. The highest BCUT2D eigenvalue weighted by molar-refractivity contribution is 5.17. The van der Waals surface area contributed by atoms with Gasteiger partial charge in [-0.05, 0) is 63.5 Å². The Hall–Kier alpha value is -0.930. The van der Waals surface area contributed by atoms with Crippen LogP contribution in [0.15, 0.2) is 24.3 Å². The van der Waals surface area contributed by atoms with Crippen molar-refractivity contribution in [3.63, 3.8) is 0 Å². The van der Waals surface area contributed by atoms with E-state index in [4.69, 9.17) is 0 Å². The molecule has 1 heterocycles. The van der Waals surface area contributed by atoms with Crippen LogP contribution in [0.25, 0.3) is 0 Å². The molecule has 0 saturated carbocycles. The first-order valence-electron chi connectivity index (χ1n) is 6.90. The van der Waals surface area contributed by atoms with Crippen molar-refractivity contribution in [2.45, 2.75) is 19.3 Å². The van der Waals surface area contributed by atoms with E-state index < -0.39 is 0 Å². The predicted molar refractivity (Wildman–Crippen MR) is 73.2 cm³/mol. The number of likely N-dealkylation sites (tertiary alicyclic amines) is 1. The molecule has 1 aromatic rings. The van der Waals surface area contributed by atoms with Crippen LogP contribution in [0.2, 0.25) is 0 Å². The van der Waals surface area contributed by atoms with Crippen LogP contribution in [0.1, 0.15) is 18.4 Å². The van der Waals surface area contributed by atoms with E-state index in [1.165, 1.54) is 12.8 Å². The number of nitrogens with one attached hydrogen (secondary N) is 1. The number of benzene rings is 1. The number of hydrogen-bond acceptors (Lipinski definition) is 2. The van der Waals surface area contributed by atoms with Crippen molar-refractivity contribution in [1.29, 1.82) is 0 Å². The minimum Gasteiger partial charge on any atom is -0.319 e. The smallest absolute Gasteiger partial charge is 0.126 e. The molecule has 0 amide bonds. The van der Waals surface area contributed by atoms with Crippen LogP contribution in [0.4, 0.5) is 4.39 Å². The van der Waals surface area contributed by atoms with Crippen molar-refractivity contribution in [3.8, 4) is 0 Å². The molecule has 2 rings (SSSR count). The van der Waals surface area contributed by atoms with Gasteiger partial charge in [-0.1, -0.05) is 18.2 Å². The Morgan fingerprint density at radius 3 is 2.67 bits per heavy atom. The van der Waals surface area contributed by atoms with Crippen LogP contribution in [-0.2, 0) is 6.42 Å². The summed E-state index contributed by atoms with van der Waals surface area (Å²) in [6.07, 6.45) is 3.35. The van der Waals surface area contributed by atoms with Gasteiger partial charge < -0.3 is 10.2 Å². The van der Waals surface area contributed by atoms with Crippen molar-refractivity contribution >= 4 is 0 Å². The highest BCUT2D eigenvalue weighted by Gasteiger charge is 2.18. The lowest BCUT2D eigenvalue weighted by molar-refractivity contribution is 0.185. The first kappa shape index (κ1) is 13.5. The molecule has 0 atom stereocenters. The summed E-state index contributed by atoms with van der Waals surface area (Å²) in [4.78, 5) is 2.46. The fourth-order valence-corrected chi connectivity index (χ4v) is 2.68. The topological polar surface area (TPSA) is 15.3 Å². The third-order valence-corrected chi connectivity index (χ3v) is 3.86. The van der Waals surface area contributed by atoms with Gasteiger partial charge in [-0.2, -0.15) is 0 Å². The molecule has 18 heavy (non-hydrogen) atoms. The molecule has 1 aromatic carbocycles. The summed E-state index contributed by atoms with van der Waals surface area (Å²) >= 11 is 0. The number of piperidine rings is 1. The van der Waals surface area contributed by atoms with Gasteiger partial charge in [0.05, 0.1) is 0 Å². The van der Waals surface area contributed by atoms with E-state index >= 15 is 0 Å². The molecule has 0 unspecified atom stereocenters. The second-order valence-electron chi connectivity index (χ2n) is 5.18. The highest BCUT2D eigenvalue weighted by Crippen LogP contribution is 2.17. The van der Waals surface area contributed by atoms with Crippen LogP contribution in [0.5, 0.6) is 0 Å². The van der Waals surface area contributed by atoms with Gasteiger partial charge in [0.25, 0.3) is 0 Å². The third kappa shape index (κ3) is 3.79. The molecule has 1 aliphatic heterocycles. The average Bonchev–Trinajstić information content (AvgIpc) is 2.40. The van der Waals surface area contributed by atoms with E-state index in [0.29, 0.717) is 0 Å². The summed E-state index contributed by atoms with van der Waals surface area (Å²) in [6.45, 7) is 4.41. The zero-order valence-electron chi connectivity index (χ0n) is 11.2. The highest BCUT2D eigenvalue weighted by atomic mass is 19.1. The minimum atomic E-state index is -0.0671. The van der Waals surface area contributed by atoms with E-state index in [2.05, 4.69) is 10.2 Å². The fraction of sp³-hybridized carbons (Fsp3) is 0.600. The lowest BCUT2D eigenvalue weighted by Crippen LogP contribution is -2.37. The Labute approximate surface area is 109 Å². The Kier molecular flexibility index (Phi) is 5.14. The van der Waals surface area contributed by atoms with Crippen LogP contribution >= 0.6 is 0 Å². The monoisotopic (exact) mass is 250 g/mol. The number of rotatable bonds is 5. The number of halogens is 1. The third-order valence-electron chi connectivity index (χ3n) is 3.86. The van der Waals surface area contributed by atoms with Crippen LogP contribution in [-0.4, -0.2) is 38.1 Å². The second-order valence-corrected chi connectivity index (χ2v) is 5.18. The summed E-state index contributed by atoms with van der Waals surface area (Å²) in [5.74, 6) is 0.752. The molecule has 1 fully saturated rings. The number of nitrogens with zero attached hydrogens (tertiary/aromatic N) is 1. The molecule has 2 nitrogen and oxygen atoms in total. The molecule has 1 aliphatic rings. The maximum absolute atomic E-state index is 13.5. The van der Waals surface area contributed by atoms with Gasteiger partial charge >= 0.3 is 0 Å². The molecule has 0 aromatic heterocycles. The van der Waals surface area contributed by atoms with Crippen molar-refractivity contribution in [1.82, 2.24) is 10.2 Å². The Bertz CT molecular complexity index is 359. The summed E-state index contributed by atoms with van der Waals surface area (Å²) in [5, 5.41) is 3.25. The normalized spacial score (nSPS) is 18.1. The Morgan fingerprint density at radius 1 is 1.28 bits per heavy atom. The average molecular weight is 250 g/mol. The summed E-state index contributed by atoms with van der Waals surface area (Å²) in [5.41, 5.74) is 0.842. The van der Waals surface area contributed by atoms with Crippen molar-refractivity contribution in [3.05, 3.63) is 35.6 Å². The second kappa shape index (κ2) is 6.86. The van der Waals surface area contributed by atoms with E-state index in [1.807, 2.05) is 19.2 Å². The maximum Gasteiger partial charge on any atom is 0.126 e. The van der Waals surface area contributed by atoms with Gasteiger partial charge in [0.15, 0.2) is 0 Å². The minimum absolute atomic E-state index is 0.0671. The standard InChI is InChI=1S/C15H23FN2/c1-17-12-13-6-9-18(10-7-13)11-8-14-4-2-3-5-15(14)16/h2-5,13,17H,6-12H2,1H3. The van der Waals surface area contributed by atoms with Crippen LogP contribution < -0.4 is 5.32 Å². The first-order chi connectivity index (χ1) is 8.79. The molecule has 0 radical (unpaired) electrons. The van der Waals surface area contributed by atoms with E-state index in [-0.39, 0.29) is 5.82 Å². The molecule has 0 aliphatic carbocycles. The van der Waals surface area contributed by atoms with Crippen molar-refractivity contribution < 1.29 is 4.39 Å². The largest absolute Gasteiger partial charge is 0.319 e. The molecular weight excluding hydrogens is 227 g/mol. The molecular formula is C15H23FN2. The Morgan fingerprint density at radius 2 is 2.00 bits per heavy atom. The van der Waals surface area contributed by atoms with Gasteiger partial charge in [-0.15, -0.1) is 0 Å². The lowest BCUT2D eigenvalue weighted by Gasteiger charge is -2.31. The van der Waals surface area contributed by atoms with Crippen LogP contribution in [0.3, 0.4) is 0 Å². The molecule has 0 bridgehead atoms. The molecule has 100 valence electrons. The van der Waals surface area contributed by atoms with Gasteiger partial charge in [0.2, 0.25) is 0 Å². The van der Waals surface area contributed by atoms with Crippen molar-refractivity contribution in [2.75, 3.05) is 33.2 Å². The van der Waals surface area contributed by atoms with Crippen LogP contribution in [0, 0.1) is 11.7 Å². The molecule has 1 N–H and O–H groups in total. The lowest BCUT2D eigenvalue weighted by atomic mass is 9.96. The summed E-state index contributed by atoms with van der Waals surface area (Å²) < 4.78 is 13.5.